The highest BCUT2D eigenvalue weighted by atomic mass is 35.5. The van der Waals surface area contributed by atoms with E-state index >= 15 is 0 Å². The lowest BCUT2D eigenvalue weighted by atomic mass is 9.99. The van der Waals surface area contributed by atoms with Crippen molar-refractivity contribution in [3.63, 3.8) is 0 Å². The second kappa shape index (κ2) is 9.17. The van der Waals surface area contributed by atoms with Crippen LogP contribution in [-0.2, 0) is 17.7 Å². The standard InChI is InChI=1S/C25H28ClFN4O5/c1-25(2,3)36-24(34)30-8-7-13-5-4-6-17(14(13)10-30)35-18-9-16(20(32)21(18)33)31-11-15(27)19-22(26)28-12-29-23(19)31/h4-6,11-12,16,18,20-21,32-33H,7-10H2,1-3H3/t16-,18+,20+,21-/m1/s1. The zero-order valence-electron chi connectivity index (χ0n) is 20.2. The molecule has 0 spiro atoms. The van der Waals surface area contributed by atoms with Gasteiger partial charge in [-0.25, -0.2) is 19.2 Å². The average molecular weight is 519 g/mol. The van der Waals surface area contributed by atoms with Crippen LogP contribution in [0, 0.1) is 5.82 Å². The number of rotatable bonds is 3. The van der Waals surface area contributed by atoms with Gasteiger partial charge in [-0.15, -0.1) is 0 Å². The van der Waals surface area contributed by atoms with E-state index in [4.69, 9.17) is 21.1 Å². The summed E-state index contributed by atoms with van der Waals surface area (Å²) in [4.78, 5) is 22.2. The Bertz CT molecular complexity index is 1310. The van der Waals surface area contributed by atoms with Crippen LogP contribution >= 0.6 is 11.6 Å². The van der Waals surface area contributed by atoms with Gasteiger partial charge in [-0.2, -0.15) is 0 Å². The van der Waals surface area contributed by atoms with Crippen molar-refractivity contribution in [2.45, 2.75) is 70.1 Å². The molecule has 1 fully saturated rings. The van der Waals surface area contributed by atoms with Crippen molar-refractivity contribution in [2.24, 2.45) is 0 Å². The Labute approximate surface area is 212 Å². The van der Waals surface area contributed by atoms with E-state index < -0.39 is 41.9 Å². The number of nitrogens with zero attached hydrogens (tertiary/aromatic N) is 4. The molecule has 1 saturated carbocycles. The monoisotopic (exact) mass is 518 g/mol. The van der Waals surface area contributed by atoms with Crippen molar-refractivity contribution >= 4 is 28.7 Å². The molecule has 3 aromatic rings. The SMILES string of the molecule is CC(C)(C)OC(=O)N1CCc2cccc(O[C@H]3C[C@@H](n4cc(F)c5c(Cl)ncnc54)[C@H](O)[C@@H]3O)c2C1. The van der Waals surface area contributed by atoms with E-state index in [1.165, 1.54) is 17.1 Å². The van der Waals surface area contributed by atoms with Gasteiger partial charge in [-0.1, -0.05) is 23.7 Å². The number of aromatic nitrogens is 3. The van der Waals surface area contributed by atoms with Crippen LogP contribution in [0.4, 0.5) is 9.18 Å². The normalized spacial score (nSPS) is 24.1. The summed E-state index contributed by atoms with van der Waals surface area (Å²) in [5, 5.41) is 21.7. The summed E-state index contributed by atoms with van der Waals surface area (Å²) in [5.41, 5.74) is 1.50. The fourth-order valence-electron chi connectivity index (χ4n) is 4.92. The molecule has 0 radical (unpaired) electrons. The van der Waals surface area contributed by atoms with Gasteiger partial charge >= 0.3 is 6.09 Å². The maximum Gasteiger partial charge on any atom is 0.410 e. The highest BCUT2D eigenvalue weighted by Gasteiger charge is 2.45. The summed E-state index contributed by atoms with van der Waals surface area (Å²) < 4.78 is 27.8. The number of ether oxygens (including phenoxy) is 2. The molecule has 2 aliphatic rings. The molecule has 1 aliphatic carbocycles. The van der Waals surface area contributed by atoms with Gasteiger partial charge in [0.15, 0.2) is 5.82 Å². The summed E-state index contributed by atoms with van der Waals surface area (Å²) >= 11 is 6.04. The third-order valence-corrected chi connectivity index (χ3v) is 6.92. The van der Waals surface area contributed by atoms with Gasteiger partial charge in [-0.05, 0) is 38.8 Å². The molecule has 2 N–H and O–H groups in total. The molecule has 5 rings (SSSR count). The molecule has 36 heavy (non-hydrogen) atoms. The van der Waals surface area contributed by atoms with Crippen molar-refractivity contribution in [1.82, 2.24) is 19.4 Å². The zero-order valence-corrected chi connectivity index (χ0v) is 20.9. The number of halogens is 2. The van der Waals surface area contributed by atoms with Crippen molar-refractivity contribution in [3.05, 3.63) is 52.8 Å². The first kappa shape index (κ1) is 24.7. The number of amides is 1. The van der Waals surface area contributed by atoms with Crippen LogP contribution in [0.15, 0.2) is 30.7 Å². The van der Waals surface area contributed by atoms with E-state index in [0.717, 1.165) is 11.1 Å². The molecule has 11 heteroatoms. The third-order valence-electron chi connectivity index (χ3n) is 6.63. The Morgan fingerprint density at radius 2 is 2.00 bits per heavy atom. The first-order chi connectivity index (χ1) is 17.0. The van der Waals surface area contributed by atoms with Crippen LogP contribution < -0.4 is 4.74 Å². The first-order valence-corrected chi connectivity index (χ1v) is 12.2. The minimum atomic E-state index is -1.23. The number of carbonyl (C=O) groups excluding carboxylic acids is 1. The van der Waals surface area contributed by atoms with E-state index in [1.54, 1.807) is 11.0 Å². The summed E-state index contributed by atoms with van der Waals surface area (Å²) in [6.45, 7) is 6.29. The third kappa shape index (κ3) is 4.49. The molecule has 0 unspecified atom stereocenters. The van der Waals surface area contributed by atoms with Crippen LogP contribution in [0.2, 0.25) is 5.15 Å². The van der Waals surface area contributed by atoms with Crippen molar-refractivity contribution in [3.8, 4) is 5.75 Å². The number of aliphatic hydroxyl groups excluding tert-OH is 2. The van der Waals surface area contributed by atoms with Gasteiger partial charge in [0.2, 0.25) is 0 Å². The number of benzene rings is 1. The first-order valence-electron chi connectivity index (χ1n) is 11.8. The van der Waals surface area contributed by atoms with Gasteiger partial charge in [0.25, 0.3) is 0 Å². The summed E-state index contributed by atoms with van der Waals surface area (Å²) in [6, 6.07) is 4.93. The number of hydrogen-bond donors (Lipinski definition) is 2. The van der Waals surface area contributed by atoms with Crippen LogP contribution in [-0.4, -0.2) is 66.2 Å². The lowest BCUT2D eigenvalue weighted by Crippen LogP contribution is -2.40. The van der Waals surface area contributed by atoms with Gasteiger partial charge in [0, 0.05) is 24.7 Å². The Kier molecular flexibility index (Phi) is 6.30. The molecule has 4 atom stereocenters. The van der Waals surface area contributed by atoms with Crippen molar-refractivity contribution in [2.75, 3.05) is 6.54 Å². The molecule has 1 aliphatic heterocycles. The minimum Gasteiger partial charge on any atom is -0.487 e. The molecule has 9 nitrogen and oxygen atoms in total. The molecular formula is C25H28ClFN4O5. The van der Waals surface area contributed by atoms with Crippen LogP contribution in [0.3, 0.4) is 0 Å². The van der Waals surface area contributed by atoms with Crippen LogP contribution in [0.5, 0.6) is 5.75 Å². The summed E-state index contributed by atoms with van der Waals surface area (Å²) in [5.74, 6) is -0.0902. The van der Waals surface area contributed by atoms with E-state index in [0.29, 0.717) is 25.3 Å². The Hall–Kier alpha value is -2.95. The largest absolute Gasteiger partial charge is 0.487 e. The minimum absolute atomic E-state index is 0.0254. The second-order valence-corrected chi connectivity index (χ2v) is 10.6. The van der Waals surface area contributed by atoms with Crippen LogP contribution in [0.1, 0.15) is 44.4 Å². The predicted molar refractivity (Wildman–Crippen MR) is 129 cm³/mol. The van der Waals surface area contributed by atoms with Gasteiger partial charge in [-0.3, -0.25) is 0 Å². The maximum absolute atomic E-state index is 14.6. The fourth-order valence-corrected chi connectivity index (χ4v) is 5.14. The highest BCUT2D eigenvalue weighted by molar-refractivity contribution is 6.34. The van der Waals surface area contributed by atoms with E-state index in [-0.39, 0.29) is 22.6 Å². The lowest BCUT2D eigenvalue weighted by Gasteiger charge is -2.32. The molecule has 1 amide bonds. The highest BCUT2D eigenvalue weighted by Crippen LogP contribution is 2.39. The van der Waals surface area contributed by atoms with Crippen LogP contribution in [0.25, 0.3) is 11.0 Å². The zero-order chi connectivity index (χ0) is 25.8. The fraction of sp³-hybridized carbons (Fsp3) is 0.480. The smallest absolute Gasteiger partial charge is 0.410 e. The molecule has 192 valence electrons. The van der Waals surface area contributed by atoms with Gasteiger partial charge < -0.3 is 29.2 Å². The number of hydrogen-bond acceptors (Lipinski definition) is 7. The van der Waals surface area contributed by atoms with E-state index in [1.807, 2.05) is 32.9 Å². The van der Waals surface area contributed by atoms with Gasteiger partial charge in [0.05, 0.1) is 18.0 Å². The number of carbonyl (C=O) groups is 1. The van der Waals surface area contributed by atoms with Gasteiger partial charge in [0.1, 0.15) is 46.8 Å². The van der Waals surface area contributed by atoms with Crippen molar-refractivity contribution in [1.29, 1.82) is 0 Å². The molecule has 3 heterocycles. The molecular weight excluding hydrogens is 491 g/mol. The quantitative estimate of drug-likeness (QED) is 0.509. The number of aliphatic hydroxyl groups is 2. The second-order valence-electron chi connectivity index (χ2n) is 10.2. The molecule has 2 aromatic heterocycles. The Morgan fingerprint density at radius 1 is 1.22 bits per heavy atom. The summed E-state index contributed by atoms with van der Waals surface area (Å²) in [7, 11) is 0. The molecule has 1 aromatic carbocycles. The predicted octanol–water partition coefficient (Wildman–Crippen LogP) is 3.63. The number of fused-ring (bicyclic) bond motifs is 2. The maximum atomic E-state index is 14.6. The van der Waals surface area contributed by atoms with E-state index in [2.05, 4.69) is 9.97 Å². The summed E-state index contributed by atoms with van der Waals surface area (Å²) in [6.07, 6.45) is -0.360. The van der Waals surface area contributed by atoms with E-state index in [9.17, 15) is 19.4 Å². The lowest BCUT2D eigenvalue weighted by molar-refractivity contribution is -0.0169. The average Bonchev–Trinajstić information content (AvgIpc) is 3.30. The Balaban J connectivity index is 1.38. The molecule has 0 bridgehead atoms. The molecule has 0 saturated heterocycles. The topological polar surface area (TPSA) is 110 Å². The van der Waals surface area contributed by atoms with Crippen molar-refractivity contribution < 1.29 is 28.9 Å². The Morgan fingerprint density at radius 3 is 2.75 bits per heavy atom.